The zero-order chi connectivity index (χ0) is 18.8. The molecule has 0 amide bonds. The Morgan fingerprint density at radius 2 is 1.48 bits per heavy atom. The highest BCUT2D eigenvalue weighted by atomic mass is 16.5. The topological polar surface area (TPSA) is 43.4 Å². The first kappa shape index (κ1) is 17.0. The fourth-order valence-corrected chi connectivity index (χ4v) is 3.38. The first-order chi connectivity index (χ1) is 13.2. The summed E-state index contributed by atoms with van der Waals surface area (Å²) in [6.07, 6.45) is 0. The van der Waals surface area contributed by atoms with E-state index in [0.29, 0.717) is 23.3 Å². The SMILES string of the molecule is CCOC(=O)c1ccc2c(C(=O)c3ccccc3)cc3ccccc3c2c1. The molecule has 0 aliphatic rings. The van der Waals surface area contributed by atoms with E-state index in [1.165, 1.54) is 0 Å². The van der Waals surface area contributed by atoms with E-state index in [4.69, 9.17) is 4.74 Å². The summed E-state index contributed by atoms with van der Waals surface area (Å²) in [4.78, 5) is 25.3. The number of benzene rings is 4. The molecule has 4 aromatic rings. The molecule has 27 heavy (non-hydrogen) atoms. The third-order valence-electron chi connectivity index (χ3n) is 4.65. The zero-order valence-corrected chi connectivity index (χ0v) is 14.9. The molecule has 3 heteroatoms. The molecule has 0 heterocycles. The van der Waals surface area contributed by atoms with E-state index in [9.17, 15) is 9.59 Å². The van der Waals surface area contributed by atoms with Crippen LogP contribution in [0, 0.1) is 0 Å². The Morgan fingerprint density at radius 1 is 0.741 bits per heavy atom. The molecule has 0 saturated carbocycles. The molecule has 0 unspecified atom stereocenters. The number of rotatable bonds is 4. The Kier molecular flexibility index (Phi) is 4.43. The van der Waals surface area contributed by atoms with Crippen LogP contribution in [0.15, 0.2) is 78.9 Å². The predicted octanol–water partition coefficient (Wildman–Crippen LogP) is 5.40. The van der Waals surface area contributed by atoms with E-state index in [1.54, 1.807) is 13.0 Å². The minimum Gasteiger partial charge on any atom is -0.462 e. The van der Waals surface area contributed by atoms with Gasteiger partial charge in [0.1, 0.15) is 0 Å². The second kappa shape index (κ2) is 7.04. The molecule has 0 aromatic heterocycles. The largest absolute Gasteiger partial charge is 0.462 e. The van der Waals surface area contributed by atoms with Gasteiger partial charge in [-0.2, -0.15) is 0 Å². The lowest BCUT2D eigenvalue weighted by atomic mass is 9.92. The van der Waals surface area contributed by atoms with Gasteiger partial charge in [-0.15, -0.1) is 0 Å². The van der Waals surface area contributed by atoms with E-state index in [0.717, 1.165) is 21.5 Å². The molecule has 0 radical (unpaired) electrons. The smallest absolute Gasteiger partial charge is 0.338 e. The number of ketones is 1. The van der Waals surface area contributed by atoms with Crippen molar-refractivity contribution in [3.05, 3.63) is 95.6 Å². The molecule has 4 rings (SSSR count). The van der Waals surface area contributed by atoms with Gasteiger partial charge >= 0.3 is 5.97 Å². The molecule has 0 bridgehead atoms. The van der Waals surface area contributed by atoms with E-state index < -0.39 is 0 Å². The first-order valence-electron chi connectivity index (χ1n) is 8.91. The Labute approximate surface area is 157 Å². The zero-order valence-electron chi connectivity index (χ0n) is 14.9. The highest BCUT2D eigenvalue weighted by Crippen LogP contribution is 2.31. The third kappa shape index (κ3) is 3.08. The van der Waals surface area contributed by atoms with Gasteiger partial charge in [0.25, 0.3) is 0 Å². The van der Waals surface area contributed by atoms with Crippen molar-refractivity contribution in [2.45, 2.75) is 6.92 Å². The van der Waals surface area contributed by atoms with Gasteiger partial charge in [-0.1, -0.05) is 60.7 Å². The van der Waals surface area contributed by atoms with Crippen molar-refractivity contribution in [1.82, 2.24) is 0 Å². The average molecular weight is 354 g/mol. The molecule has 0 fully saturated rings. The fourth-order valence-electron chi connectivity index (χ4n) is 3.38. The van der Waals surface area contributed by atoms with Crippen LogP contribution in [0.4, 0.5) is 0 Å². The summed E-state index contributed by atoms with van der Waals surface area (Å²) in [7, 11) is 0. The summed E-state index contributed by atoms with van der Waals surface area (Å²) in [5, 5.41) is 3.67. The van der Waals surface area contributed by atoms with Crippen LogP contribution in [0.25, 0.3) is 21.5 Å². The molecule has 0 aliphatic carbocycles. The molecule has 0 N–H and O–H groups in total. The first-order valence-corrected chi connectivity index (χ1v) is 8.91. The van der Waals surface area contributed by atoms with Crippen LogP contribution in [0.2, 0.25) is 0 Å². The van der Waals surface area contributed by atoms with E-state index in [-0.39, 0.29) is 11.8 Å². The Balaban J connectivity index is 1.99. The van der Waals surface area contributed by atoms with Crippen LogP contribution in [0.1, 0.15) is 33.2 Å². The average Bonchev–Trinajstić information content (AvgIpc) is 2.73. The molecule has 0 spiro atoms. The minimum absolute atomic E-state index is 0.0322. The van der Waals surface area contributed by atoms with Crippen molar-refractivity contribution in [2.24, 2.45) is 0 Å². The number of ether oxygens (including phenoxy) is 1. The van der Waals surface area contributed by atoms with Crippen LogP contribution in [0.5, 0.6) is 0 Å². The molecule has 0 aliphatic heterocycles. The maximum atomic E-state index is 13.1. The monoisotopic (exact) mass is 354 g/mol. The van der Waals surface area contributed by atoms with Crippen LogP contribution in [0.3, 0.4) is 0 Å². The van der Waals surface area contributed by atoms with Crippen LogP contribution in [-0.2, 0) is 4.74 Å². The summed E-state index contributed by atoms with van der Waals surface area (Å²) in [6.45, 7) is 2.11. The Bertz CT molecular complexity index is 1160. The van der Waals surface area contributed by atoms with Gasteiger partial charge in [0.2, 0.25) is 0 Å². The third-order valence-corrected chi connectivity index (χ3v) is 4.65. The number of esters is 1. The van der Waals surface area contributed by atoms with E-state index in [2.05, 4.69) is 0 Å². The number of hydrogen-bond donors (Lipinski definition) is 0. The number of carbonyl (C=O) groups excluding carboxylic acids is 2. The molecule has 0 atom stereocenters. The van der Waals surface area contributed by atoms with Gasteiger partial charge in [0.15, 0.2) is 5.78 Å². The standard InChI is InChI=1S/C24H18O3/c1-2-27-24(26)18-12-13-20-21(15-18)19-11-7-6-10-17(19)14-22(20)23(25)16-8-4-3-5-9-16/h3-15H,2H2,1H3. The molecule has 132 valence electrons. The number of fused-ring (bicyclic) bond motifs is 3. The normalized spacial score (nSPS) is 10.9. The van der Waals surface area contributed by atoms with Crippen molar-refractivity contribution in [3.63, 3.8) is 0 Å². The lowest BCUT2D eigenvalue weighted by molar-refractivity contribution is 0.0526. The summed E-state index contributed by atoms with van der Waals surface area (Å²) in [5.41, 5.74) is 1.76. The van der Waals surface area contributed by atoms with Gasteiger partial charge in [-0.25, -0.2) is 4.79 Å². The molecular formula is C24H18O3. The summed E-state index contributed by atoms with van der Waals surface area (Å²) >= 11 is 0. The van der Waals surface area contributed by atoms with Crippen molar-refractivity contribution < 1.29 is 14.3 Å². The Morgan fingerprint density at radius 3 is 2.26 bits per heavy atom. The second-order valence-corrected chi connectivity index (χ2v) is 6.32. The lowest BCUT2D eigenvalue weighted by Crippen LogP contribution is -2.06. The van der Waals surface area contributed by atoms with Crippen molar-refractivity contribution in [1.29, 1.82) is 0 Å². The number of hydrogen-bond acceptors (Lipinski definition) is 3. The molecule has 0 saturated heterocycles. The van der Waals surface area contributed by atoms with Gasteiger partial charge in [-0.05, 0) is 46.7 Å². The van der Waals surface area contributed by atoms with Crippen molar-refractivity contribution in [2.75, 3.05) is 6.61 Å². The van der Waals surface area contributed by atoms with Crippen LogP contribution in [-0.4, -0.2) is 18.4 Å². The lowest BCUT2D eigenvalue weighted by Gasteiger charge is -2.11. The molecule has 4 aromatic carbocycles. The fraction of sp³-hybridized carbons (Fsp3) is 0.0833. The van der Waals surface area contributed by atoms with Gasteiger partial charge in [0.05, 0.1) is 12.2 Å². The highest BCUT2D eigenvalue weighted by molar-refractivity contribution is 6.22. The molecule has 3 nitrogen and oxygen atoms in total. The van der Waals surface area contributed by atoms with Crippen molar-refractivity contribution >= 4 is 33.3 Å². The highest BCUT2D eigenvalue weighted by Gasteiger charge is 2.16. The van der Waals surface area contributed by atoms with Gasteiger partial charge in [-0.3, -0.25) is 4.79 Å². The Hall–Kier alpha value is -3.46. The van der Waals surface area contributed by atoms with Crippen molar-refractivity contribution in [3.8, 4) is 0 Å². The van der Waals surface area contributed by atoms with Gasteiger partial charge < -0.3 is 4.74 Å². The summed E-state index contributed by atoms with van der Waals surface area (Å²) in [6, 6.07) is 24.4. The molecular weight excluding hydrogens is 336 g/mol. The minimum atomic E-state index is -0.358. The van der Waals surface area contributed by atoms with E-state index >= 15 is 0 Å². The quantitative estimate of drug-likeness (QED) is 0.280. The second-order valence-electron chi connectivity index (χ2n) is 6.32. The summed E-state index contributed by atoms with van der Waals surface area (Å²) < 4.78 is 5.13. The van der Waals surface area contributed by atoms with E-state index in [1.807, 2.05) is 72.8 Å². The van der Waals surface area contributed by atoms with Gasteiger partial charge in [0, 0.05) is 11.1 Å². The number of carbonyl (C=O) groups is 2. The predicted molar refractivity (Wildman–Crippen MR) is 107 cm³/mol. The van der Waals surface area contributed by atoms with Crippen LogP contribution >= 0.6 is 0 Å². The summed E-state index contributed by atoms with van der Waals surface area (Å²) in [5.74, 6) is -0.390. The van der Waals surface area contributed by atoms with Crippen LogP contribution < -0.4 is 0 Å². The maximum absolute atomic E-state index is 13.1. The maximum Gasteiger partial charge on any atom is 0.338 e.